The summed E-state index contributed by atoms with van der Waals surface area (Å²) in [7, 11) is -3.44. The van der Waals surface area contributed by atoms with Gasteiger partial charge in [-0.15, -0.1) is 10.2 Å². The van der Waals surface area contributed by atoms with Crippen LogP contribution in [0, 0.1) is 0 Å². The maximum atomic E-state index is 11.7. The normalized spacial score (nSPS) is 11.2. The minimum atomic E-state index is -3.44. The molecule has 0 unspecified atom stereocenters. The zero-order valence-electron chi connectivity index (χ0n) is 10.3. The molecule has 0 aliphatic heterocycles. The highest BCUT2D eigenvalue weighted by atomic mass is 32.2. The Bertz CT molecular complexity index is 678. The molecule has 1 aromatic heterocycles. The van der Waals surface area contributed by atoms with Crippen LogP contribution in [0.15, 0.2) is 42.5 Å². The molecule has 0 atom stereocenters. The highest BCUT2D eigenvalue weighted by molar-refractivity contribution is 7.93. The second kappa shape index (κ2) is 5.50. The monoisotopic (exact) mass is 295 g/mol. The zero-order valence-corrected chi connectivity index (χ0v) is 12.0. The van der Waals surface area contributed by atoms with E-state index >= 15 is 0 Å². The van der Waals surface area contributed by atoms with Crippen molar-refractivity contribution in [1.82, 2.24) is 10.2 Å². The molecule has 0 bridgehead atoms. The van der Waals surface area contributed by atoms with E-state index in [1.807, 2.05) is 30.3 Å². The van der Waals surface area contributed by atoms with E-state index in [4.69, 9.17) is 0 Å². The van der Waals surface area contributed by atoms with Crippen LogP contribution in [-0.2, 0) is 10.0 Å². The lowest BCUT2D eigenvalue weighted by molar-refractivity contribution is 0.603. The van der Waals surface area contributed by atoms with Gasteiger partial charge >= 0.3 is 0 Å². The molecule has 0 radical (unpaired) electrons. The zero-order chi connectivity index (χ0) is 13.9. The third kappa shape index (κ3) is 3.87. The summed E-state index contributed by atoms with van der Waals surface area (Å²) in [6.07, 6.45) is 0. The van der Waals surface area contributed by atoms with Crippen molar-refractivity contribution in [3.05, 3.63) is 42.5 Å². The number of hydrogen-bond donors (Lipinski definition) is 1. The number of nitrogens with one attached hydrogen (secondary N) is 1. The second-order valence-corrected chi connectivity index (χ2v) is 6.80. The Kier molecular flexibility index (Phi) is 3.96. The molecule has 2 rings (SSSR count). The highest BCUT2D eigenvalue weighted by Gasteiger charge is 2.14. The lowest BCUT2D eigenvalue weighted by Crippen LogP contribution is -2.16. The topological polar surface area (TPSA) is 72.0 Å². The lowest BCUT2D eigenvalue weighted by Gasteiger charge is -2.02. The summed E-state index contributed by atoms with van der Waals surface area (Å²) in [5.41, 5.74) is 1.48. The molecule has 1 N–H and O–H groups in total. The maximum absolute atomic E-state index is 11.7. The summed E-state index contributed by atoms with van der Waals surface area (Å²) < 4.78 is 25.8. The molecule has 7 heteroatoms. The van der Waals surface area contributed by atoms with Gasteiger partial charge in [-0.2, -0.15) is 0 Å². The summed E-state index contributed by atoms with van der Waals surface area (Å²) in [5, 5.41) is 8.74. The van der Waals surface area contributed by atoms with Gasteiger partial charge in [-0.25, -0.2) is 8.42 Å². The standard InChI is InChI=1S/C12H13N3O2S2/c1-9(2)8-19(16,17)15-12-14-13-11(18-12)10-6-4-3-5-7-10/h3-7H,1,8H2,2H3,(H,14,15). The van der Waals surface area contributed by atoms with Crippen molar-refractivity contribution in [3.63, 3.8) is 0 Å². The lowest BCUT2D eigenvalue weighted by atomic mass is 10.2. The molecule has 5 nitrogen and oxygen atoms in total. The van der Waals surface area contributed by atoms with Crippen LogP contribution in [0.5, 0.6) is 0 Å². The Labute approximate surface area is 116 Å². The average Bonchev–Trinajstić information content (AvgIpc) is 2.76. The Morgan fingerprint density at radius 1 is 1.32 bits per heavy atom. The molecule has 0 aliphatic carbocycles. The Morgan fingerprint density at radius 2 is 2.00 bits per heavy atom. The van der Waals surface area contributed by atoms with E-state index in [0.717, 1.165) is 5.56 Å². The molecule has 1 heterocycles. The number of nitrogens with zero attached hydrogens (tertiary/aromatic N) is 2. The van der Waals surface area contributed by atoms with Crippen LogP contribution in [0.4, 0.5) is 5.13 Å². The minimum absolute atomic E-state index is 0.118. The number of rotatable bonds is 5. The van der Waals surface area contributed by atoms with Gasteiger partial charge in [0.25, 0.3) is 0 Å². The van der Waals surface area contributed by atoms with Crippen LogP contribution in [0.1, 0.15) is 6.92 Å². The quantitative estimate of drug-likeness (QED) is 0.860. The molecule has 1 aromatic carbocycles. The number of aromatic nitrogens is 2. The summed E-state index contributed by atoms with van der Waals surface area (Å²) in [6, 6.07) is 9.48. The number of hydrogen-bond acceptors (Lipinski definition) is 5. The number of benzene rings is 1. The van der Waals surface area contributed by atoms with Gasteiger partial charge in [0.1, 0.15) is 5.01 Å². The third-order valence-electron chi connectivity index (χ3n) is 2.12. The Morgan fingerprint density at radius 3 is 2.63 bits per heavy atom. The first-order valence-electron chi connectivity index (χ1n) is 5.50. The van der Waals surface area contributed by atoms with Gasteiger partial charge in [0.2, 0.25) is 15.2 Å². The summed E-state index contributed by atoms with van der Waals surface area (Å²) in [4.78, 5) is 0. The molecule has 0 spiro atoms. The molecule has 0 fully saturated rings. The van der Waals surface area contributed by atoms with E-state index < -0.39 is 10.0 Å². The van der Waals surface area contributed by atoms with Gasteiger partial charge in [0.05, 0.1) is 5.75 Å². The summed E-state index contributed by atoms with van der Waals surface area (Å²) >= 11 is 1.20. The van der Waals surface area contributed by atoms with E-state index in [2.05, 4.69) is 21.5 Å². The van der Waals surface area contributed by atoms with Gasteiger partial charge in [0, 0.05) is 5.56 Å². The summed E-state index contributed by atoms with van der Waals surface area (Å²) in [5.74, 6) is -0.118. The largest absolute Gasteiger partial charge is 0.257 e. The number of anilines is 1. The van der Waals surface area contributed by atoms with Crippen LogP contribution in [0.3, 0.4) is 0 Å². The third-order valence-corrected chi connectivity index (χ3v) is 4.52. The fourth-order valence-corrected chi connectivity index (χ4v) is 3.63. The molecule has 19 heavy (non-hydrogen) atoms. The molecule has 0 saturated carbocycles. The van der Waals surface area contributed by atoms with Crippen LogP contribution < -0.4 is 4.72 Å². The van der Waals surface area contributed by atoms with E-state index in [0.29, 0.717) is 10.6 Å². The first kappa shape index (κ1) is 13.7. The molecule has 100 valence electrons. The van der Waals surface area contributed by atoms with Gasteiger partial charge < -0.3 is 0 Å². The van der Waals surface area contributed by atoms with Crippen molar-refractivity contribution >= 4 is 26.5 Å². The van der Waals surface area contributed by atoms with E-state index in [-0.39, 0.29) is 10.9 Å². The van der Waals surface area contributed by atoms with E-state index in [1.54, 1.807) is 6.92 Å². The second-order valence-electron chi connectivity index (χ2n) is 4.10. The van der Waals surface area contributed by atoms with Crippen LogP contribution in [-0.4, -0.2) is 24.4 Å². The molecule has 0 aliphatic rings. The van der Waals surface area contributed by atoms with E-state index in [1.165, 1.54) is 11.3 Å². The Balaban J connectivity index is 2.17. The van der Waals surface area contributed by atoms with Gasteiger partial charge in [0.15, 0.2) is 0 Å². The smallest absolute Gasteiger partial charge is 0.238 e. The minimum Gasteiger partial charge on any atom is -0.257 e. The first-order valence-corrected chi connectivity index (χ1v) is 7.97. The van der Waals surface area contributed by atoms with E-state index in [9.17, 15) is 8.42 Å². The van der Waals surface area contributed by atoms with Gasteiger partial charge in [-0.3, -0.25) is 4.72 Å². The van der Waals surface area contributed by atoms with Crippen molar-refractivity contribution in [2.75, 3.05) is 10.5 Å². The van der Waals surface area contributed by atoms with Crippen LogP contribution in [0.2, 0.25) is 0 Å². The summed E-state index contributed by atoms with van der Waals surface area (Å²) in [6.45, 7) is 5.24. The van der Waals surface area contributed by atoms with Crippen LogP contribution >= 0.6 is 11.3 Å². The fraction of sp³-hybridized carbons (Fsp3) is 0.167. The SMILES string of the molecule is C=C(C)CS(=O)(=O)Nc1nnc(-c2ccccc2)s1. The maximum Gasteiger partial charge on any atom is 0.238 e. The Hall–Kier alpha value is -1.73. The van der Waals surface area contributed by atoms with Crippen LogP contribution in [0.25, 0.3) is 10.6 Å². The highest BCUT2D eigenvalue weighted by Crippen LogP contribution is 2.26. The molecule has 0 saturated heterocycles. The average molecular weight is 295 g/mol. The van der Waals surface area contributed by atoms with Crippen molar-refractivity contribution in [1.29, 1.82) is 0 Å². The van der Waals surface area contributed by atoms with Gasteiger partial charge in [-0.1, -0.05) is 53.8 Å². The van der Waals surface area contributed by atoms with Crippen molar-refractivity contribution < 1.29 is 8.42 Å². The molecular weight excluding hydrogens is 282 g/mol. The number of sulfonamides is 1. The molecule has 0 amide bonds. The van der Waals surface area contributed by atoms with Crippen molar-refractivity contribution in [2.45, 2.75) is 6.92 Å². The molecule has 2 aromatic rings. The first-order chi connectivity index (χ1) is 8.96. The van der Waals surface area contributed by atoms with Crippen molar-refractivity contribution in [2.24, 2.45) is 0 Å². The molecular formula is C12H13N3O2S2. The predicted octanol–water partition coefficient (Wildman–Crippen LogP) is 2.52. The van der Waals surface area contributed by atoms with Crippen molar-refractivity contribution in [3.8, 4) is 10.6 Å². The fourth-order valence-electron chi connectivity index (χ4n) is 1.46. The predicted molar refractivity (Wildman–Crippen MR) is 77.6 cm³/mol. The van der Waals surface area contributed by atoms with Gasteiger partial charge in [-0.05, 0) is 6.92 Å².